The van der Waals surface area contributed by atoms with Crippen LogP contribution in [0, 0.1) is 11.7 Å². The van der Waals surface area contributed by atoms with E-state index in [1.165, 1.54) is 12.1 Å². The first-order chi connectivity index (χ1) is 20.1. The molecule has 4 aromatic heterocycles. The van der Waals surface area contributed by atoms with Gasteiger partial charge < -0.3 is 15.6 Å². The first-order valence-electron chi connectivity index (χ1n) is 13.6. The summed E-state index contributed by atoms with van der Waals surface area (Å²) in [6.45, 7) is 0.563. The number of halogens is 1. The Morgan fingerprint density at radius 1 is 1.05 bits per heavy atom. The highest BCUT2D eigenvalue weighted by atomic mass is 19.1. The number of carbonyl (C=O) groups excluding carboxylic acids is 1. The molecule has 204 valence electrons. The van der Waals surface area contributed by atoms with Crippen molar-refractivity contribution in [3.63, 3.8) is 0 Å². The molecule has 4 heterocycles. The monoisotopic (exact) mass is 546 g/mol. The Bertz CT molecular complexity index is 1920. The maximum Gasteiger partial charge on any atom is 0.227 e. The van der Waals surface area contributed by atoms with Crippen molar-refractivity contribution in [1.29, 1.82) is 0 Å². The third kappa shape index (κ3) is 4.72. The van der Waals surface area contributed by atoms with Gasteiger partial charge in [0.25, 0.3) is 0 Å². The molecule has 0 radical (unpaired) electrons. The molecule has 9 nitrogen and oxygen atoms in total. The molecule has 1 aliphatic carbocycles. The molecule has 6 aromatic rings. The number of benzene rings is 2. The maximum absolute atomic E-state index is 14.5. The van der Waals surface area contributed by atoms with E-state index in [0.717, 1.165) is 63.5 Å². The third-order valence-electron chi connectivity index (χ3n) is 7.62. The zero-order valence-electron chi connectivity index (χ0n) is 22.3. The summed E-state index contributed by atoms with van der Waals surface area (Å²) >= 11 is 0. The van der Waals surface area contributed by atoms with Gasteiger partial charge in [-0.3, -0.25) is 14.9 Å². The van der Waals surface area contributed by atoms with E-state index in [9.17, 15) is 9.18 Å². The SMILES string of the molecule is CNCc1cc(F)cc(-c2cccc3[nH]c(-c4[nH]nc5ncc(-c6cncc(NC(=O)C7CCC7)c6)cc45)nc23)c1. The van der Waals surface area contributed by atoms with Crippen LogP contribution in [0.3, 0.4) is 0 Å². The molecule has 7 rings (SSSR count). The highest BCUT2D eigenvalue weighted by Crippen LogP contribution is 2.34. The molecule has 0 bridgehead atoms. The summed E-state index contributed by atoms with van der Waals surface area (Å²) in [5.74, 6) is 0.438. The van der Waals surface area contributed by atoms with Crippen molar-refractivity contribution < 1.29 is 9.18 Å². The predicted molar refractivity (Wildman–Crippen MR) is 156 cm³/mol. The van der Waals surface area contributed by atoms with E-state index in [2.05, 4.69) is 35.8 Å². The number of amides is 1. The lowest BCUT2D eigenvalue weighted by Crippen LogP contribution is -2.28. The lowest BCUT2D eigenvalue weighted by atomic mass is 9.85. The molecule has 41 heavy (non-hydrogen) atoms. The molecule has 1 fully saturated rings. The fourth-order valence-electron chi connectivity index (χ4n) is 5.31. The smallest absolute Gasteiger partial charge is 0.227 e. The molecule has 0 unspecified atom stereocenters. The van der Waals surface area contributed by atoms with Crippen LogP contribution < -0.4 is 10.6 Å². The number of aromatic amines is 2. The van der Waals surface area contributed by atoms with Gasteiger partial charge in [-0.2, -0.15) is 5.10 Å². The second-order valence-electron chi connectivity index (χ2n) is 10.4. The molecule has 10 heteroatoms. The van der Waals surface area contributed by atoms with Crippen molar-refractivity contribution >= 4 is 33.7 Å². The molecule has 0 atom stereocenters. The Balaban J connectivity index is 1.25. The molecule has 0 saturated heterocycles. The molecule has 1 aliphatic rings. The molecule has 2 aromatic carbocycles. The van der Waals surface area contributed by atoms with Crippen LogP contribution in [0.1, 0.15) is 24.8 Å². The average Bonchev–Trinajstić information content (AvgIpc) is 3.55. The van der Waals surface area contributed by atoms with Crippen LogP contribution in [-0.4, -0.2) is 43.1 Å². The Morgan fingerprint density at radius 2 is 1.93 bits per heavy atom. The predicted octanol–water partition coefficient (Wildman–Crippen LogP) is 5.83. The van der Waals surface area contributed by atoms with E-state index in [1.807, 2.05) is 43.4 Å². The standard InChI is InChI=1S/C31H27FN8O/c1-33-13-17-8-19(10-22(32)9-17)24-6-3-7-26-27(24)38-30(37-26)28-25-12-21(15-35-29(25)40-39-28)20-11-23(16-34-14-20)36-31(41)18-4-2-5-18/h3,6-12,14-16,18,33H,2,4-5,13H2,1H3,(H,36,41)(H,37,38)(H,35,39,40). The highest BCUT2D eigenvalue weighted by molar-refractivity contribution is 5.98. The van der Waals surface area contributed by atoms with Crippen LogP contribution >= 0.6 is 0 Å². The second-order valence-corrected chi connectivity index (χ2v) is 10.4. The highest BCUT2D eigenvalue weighted by Gasteiger charge is 2.25. The van der Waals surface area contributed by atoms with Crippen LogP contribution in [0.4, 0.5) is 10.1 Å². The van der Waals surface area contributed by atoms with Gasteiger partial charge in [-0.15, -0.1) is 0 Å². The first-order valence-corrected chi connectivity index (χ1v) is 13.6. The zero-order chi connectivity index (χ0) is 27.9. The number of hydrogen-bond donors (Lipinski definition) is 4. The summed E-state index contributed by atoms with van der Waals surface area (Å²) in [6.07, 6.45) is 8.12. The lowest BCUT2D eigenvalue weighted by Gasteiger charge is -2.24. The number of H-pyrrole nitrogens is 2. The number of nitrogens with zero attached hydrogens (tertiary/aromatic N) is 4. The van der Waals surface area contributed by atoms with Crippen molar-refractivity contribution in [1.82, 2.24) is 35.5 Å². The van der Waals surface area contributed by atoms with Gasteiger partial charge in [0.1, 0.15) is 11.5 Å². The molecular formula is C31H27FN8O. The van der Waals surface area contributed by atoms with Gasteiger partial charge in [0.15, 0.2) is 11.5 Å². The molecule has 0 aliphatic heterocycles. The molecule has 0 spiro atoms. The average molecular weight is 547 g/mol. The van der Waals surface area contributed by atoms with Crippen LogP contribution in [0.15, 0.2) is 67.1 Å². The van der Waals surface area contributed by atoms with Crippen molar-refractivity contribution in [2.45, 2.75) is 25.8 Å². The van der Waals surface area contributed by atoms with E-state index >= 15 is 0 Å². The number of pyridine rings is 2. The summed E-state index contributed by atoms with van der Waals surface area (Å²) in [5.41, 5.74) is 7.56. The number of hydrogen-bond acceptors (Lipinski definition) is 6. The first kappa shape index (κ1) is 25.0. The Labute approximate surface area is 234 Å². The minimum Gasteiger partial charge on any atom is -0.337 e. The minimum atomic E-state index is -0.292. The van der Waals surface area contributed by atoms with Gasteiger partial charge >= 0.3 is 0 Å². The molecular weight excluding hydrogens is 519 g/mol. The topological polar surface area (TPSA) is 124 Å². The van der Waals surface area contributed by atoms with E-state index in [1.54, 1.807) is 18.6 Å². The fraction of sp³-hybridized carbons (Fsp3) is 0.194. The summed E-state index contributed by atoms with van der Waals surface area (Å²) in [7, 11) is 1.83. The van der Waals surface area contributed by atoms with Crippen LogP contribution in [0.5, 0.6) is 0 Å². The van der Waals surface area contributed by atoms with Crippen LogP contribution in [0.2, 0.25) is 0 Å². The second kappa shape index (κ2) is 10.2. The maximum atomic E-state index is 14.5. The minimum absolute atomic E-state index is 0.0432. The largest absolute Gasteiger partial charge is 0.337 e. The lowest BCUT2D eigenvalue weighted by molar-refractivity contribution is -0.122. The number of para-hydroxylation sites is 1. The van der Waals surface area contributed by atoms with Crippen LogP contribution in [-0.2, 0) is 11.3 Å². The summed E-state index contributed by atoms with van der Waals surface area (Å²) in [6, 6.07) is 14.7. The van der Waals surface area contributed by atoms with Crippen molar-refractivity contribution in [2.24, 2.45) is 5.92 Å². The number of anilines is 1. The quantitative estimate of drug-likeness (QED) is 0.200. The summed E-state index contributed by atoms with van der Waals surface area (Å²) in [5, 5.41) is 14.3. The molecule has 1 amide bonds. The number of aromatic nitrogens is 6. The number of carbonyl (C=O) groups is 1. The normalized spacial score (nSPS) is 13.5. The van der Waals surface area contributed by atoms with E-state index < -0.39 is 0 Å². The van der Waals surface area contributed by atoms with E-state index in [0.29, 0.717) is 29.4 Å². The molecule has 1 saturated carbocycles. The van der Waals surface area contributed by atoms with Gasteiger partial charge in [-0.25, -0.2) is 14.4 Å². The number of imidazole rings is 1. The van der Waals surface area contributed by atoms with Crippen molar-refractivity contribution in [3.05, 3.63) is 78.5 Å². The van der Waals surface area contributed by atoms with E-state index in [4.69, 9.17) is 4.98 Å². The van der Waals surface area contributed by atoms with Gasteiger partial charge in [0.2, 0.25) is 5.91 Å². The Morgan fingerprint density at radius 3 is 2.76 bits per heavy atom. The fourth-order valence-corrected chi connectivity index (χ4v) is 5.31. The summed E-state index contributed by atoms with van der Waals surface area (Å²) < 4.78 is 14.5. The number of fused-ring (bicyclic) bond motifs is 2. The molecule has 4 N–H and O–H groups in total. The number of rotatable bonds is 7. The Kier molecular flexibility index (Phi) is 6.24. The van der Waals surface area contributed by atoms with Gasteiger partial charge in [-0.1, -0.05) is 18.6 Å². The van der Waals surface area contributed by atoms with Gasteiger partial charge in [0, 0.05) is 41.5 Å². The summed E-state index contributed by atoms with van der Waals surface area (Å²) in [4.78, 5) is 29.6. The van der Waals surface area contributed by atoms with E-state index in [-0.39, 0.29) is 17.6 Å². The third-order valence-corrected chi connectivity index (χ3v) is 7.62. The van der Waals surface area contributed by atoms with Gasteiger partial charge in [0.05, 0.1) is 28.3 Å². The van der Waals surface area contributed by atoms with Crippen LogP contribution in [0.25, 0.3) is 55.8 Å². The number of nitrogens with one attached hydrogen (secondary N) is 4. The zero-order valence-corrected chi connectivity index (χ0v) is 22.3. The Hall–Kier alpha value is -4.96. The van der Waals surface area contributed by atoms with Crippen molar-refractivity contribution in [2.75, 3.05) is 12.4 Å². The van der Waals surface area contributed by atoms with Crippen molar-refractivity contribution in [3.8, 4) is 33.8 Å². The van der Waals surface area contributed by atoms with Gasteiger partial charge in [-0.05, 0) is 67.4 Å².